The highest BCUT2D eigenvalue weighted by molar-refractivity contribution is 5.79. The Bertz CT molecular complexity index is 921. The molecule has 0 aliphatic heterocycles. The minimum atomic E-state index is 0.621. The van der Waals surface area contributed by atoms with Crippen LogP contribution in [0.4, 0.5) is 0 Å². The van der Waals surface area contributed by atoms with Gasteiger partial charge in [0.05, 0.1) is 12.2 Å². The van der Waals surface area contributed by atoms with Crippen molar-refractivity contribution in [1.82, 2.24) is 35.0 Å². The maximum atomic E-state index is 4.71. The van der Waals surface area contributed by atoms with Crippen molar-refractivity contribution < 1.29 is 0 Å². The highest BCUT2D eigenvalue weighted by Gasteiger charge is 2.09. The number of fused-ring (bicyclic) bond motifs is 1. The number of aryl methyl sites for hydroxylation is 3. The van der Waals surface area contributed by atoms with Gasteiger partial charge in [0, 0.05) is 44.0 Å². The van der Waals surface area contributed by atoms with Crippen LogP contribution >= 0.6 is 0 Å². The number of rotatable bonds is 7. The van der Waals surface area contributed by atoms with Crippen LogP contribution in [0.5, 0.6) is 0 Å². The fourth-order valence-corrected chi connectivity index (χ4v) is 3.06. The summed E-state index contributed by atoms with van der Waals surface area (Å²) in [5, 5.41) is 19.6. The van der Waals surface area contributed by atoms with Crippen molar-refractivity contribution in [3.63, 3.8) is 0 Å². The molecule has 0 atom stereocenters. The molecule has 2 N–H and O–H groups in total. The van der Waals surface area contributed by atoms with Crippen LogP contribution in [0, 0.1) is 13.8 Å². The predicted octanol–water partition coefficient (Wildman–Crippen LogP) is 1.77. The highest BCUT2D eigenvalue weighted by atomic mass is 15.3. The van der Waals surface area contributed by atoms with Gasteiger partial charge in [-0.15, -0.1) is 10.2 Å². The van der Waals surface area contributed by atoms with Crippen molar-refractivity contribution in [2.45, 2.75) is 40.2 Å². The number of nitrogens with one attached hydrogen (secondary N) is 2. The van der Waals surface area contributed by atoms with Crippen LogP contribution in [0.1, 0.15) is 36.1 Å². The van der Waals surface area contributed by atoms with E-state index in [0.717, 1.165) is 54.8 Å². The first-order valence-electron chi connectivity index (χ1n) is 9.40. The normalized spacial score (nSPS) is 11.9. The van der Waals surface area contributed by atoms with E-state index in [1.807, 2.05) is 47.4 Å². The van der Waals surface area contributed by atoms with Crippen LogP contribution in [-0.2, 0) is 20.0 Å². The smallest absolute Gasteiger partial charge is 0.191 e. The Hall–Kier alpha value is -2.90. The summed E-state index contributed by atoms with van der Waals surface area (Å²) in [7, 11) is 1.97. The average molecular weight is 368 g/mol. The lowest BCUT2D eigenvalue weighted by Gasteiger charge is -2.11. The summed E-state index contributed by atoms with van der Waals surface area (Å²) in [6.45, 7) is 8.44. The van der Waals surface area contributed by atoms with E-state index >= 15 is 0 Å². The zero-order valence-corrected chi connectivity index (χ0v) is 16.5. The lowest BCUT2D eigenvalue weighted by atomic mass is 10.2. The van der Waals surface area contributed by atoms with Gasteiger partial charge in [-0.1, -0.05) is 6.07 Å². The third-order valence-electron chi connectivity index (χ3n) is 4.65. The maximum Gasteiger partial charge on any atom is 0.191 e. The van der Waals surface area contributed by atoms with Gasteiger partial charge in [-0.05, 0) is 39.3 Å². The fraction of sp³-hybridized carbons (Fsp3) is 0.474. The lowest BCUT2D eigenvalue weighted by Crippen LogP contribution is -2.37. The third kappa shape index (κ3) is 4.45. The van der Waals surface area contributed by atoms with E-state index in [1.165, 1.54) is 5.56 Å². The monoisotopic (exact) mass is 368 g/mol. The number of nitrogens with zero attached hydrogens (tertiary/aromatic N) is 6. The van der Waals surface area contributed by atoms with E-state index in [4.69, 9.17) is 4.99 Å². The average Bonchev–Trinajstić information content (AvgIpc) is 3.18. The molecule has 0 unspecified atom stereocenters. The second-order valence-corrected chi connectivity index (χ2v) is 6.54. The van der Waals surface area contributed by atoms with Crippen LogP contribution in [0.25, 0.3) is 5.65 Å². The van der Waals surface area contributed by atoms with Gasteiger partial charge in [0.15, 0.2) is 11.6 Å². The molecule has 0 amide bonds. The number of guanidine groups is 1. The van der Waals surface area contributed by atoms with Gasteiger partial charge >= 0.3 is 0 Å². The molecule has 3 aromatic rings. The summed E-state index contributed by atoms with van der Waals surface area (Å²) < 4.78 is 3.94. The number of pyridine rings is 1. The Labute approximate surface area is 159 Å². The molecule has 0 aliphatic rings. The molecule has 3 rings (SSSR count). The molecule has 8 nitrogen and oxygen atoms in total. The topological polar surface area (TPSA) is 84.4 Å². The van der Waals surface area contributed by atoms with Crippen LogP contribution in [0.2, 0.25) is 0 Å². The summed E-state index contributed by atoms with van der Waals surface area (Å²) in [6.07, 6.45) is 3.81. The molecule has 8 heteroatoms. The first-order chi connectivity index (χ1) is 13.1. The summed E-state index contributed by atoms with van der Waals surface area (Å²) in [4.78, 5) is 4.71. The van der Waals surface area contributed by atoms with E-state index in [9.17, 15) is 0 Å². The van der Waals surface area contributed by atoms with Crippen LogP contribution in [-0.4, -0.2) is 43.4 Å². The van der Waals surface area contributed by atoms with Crippen LogP contribution < -0.4 is 10.6 Å². The number of aliphatic imine (C=N–C) groups is 1. The van der Waals surface area contributed by atoms with Crippen molar-refractivity contribution in [2.75, 3.05) is 13.1 Å². The zero-order chi connectivity index (χ0) is 19.2. The van der Waals surface area contributed by atoms with Crippen molar-refractivity contribution in [3.8, 4) is 0 Å². The van der Waals surface area contributed by atoms with Crippen molar-refractivity contribution in [1.29, 1.82) is 0 Å². The Kier molecular flexibility index (Phi) is 6.05. The van der Waals surface area contributed by atoms with Crippen molar-refractivity contribution >= 4 is 11.6 Å². The lowest BCUT2D eigenvalue weighted by molar-refractivity contribution is 0.714. The molecule has 0 fully saturated rings. The second-order valence-electron chi connectivity index (χ2n) is 6.54. The van der Waals surface area contributed by atoms with Crippen molar-refractivity contribution in [2.24, 2.45) is 12.0 Å². The van der Waals surface area contributed by atoms with E-state index in [1.54, 1.807) is 0 Å². The van der Waals surface area contributed by atoms with E-state index in [0.29, 0.717) is 6.54 Å². The molecule has 3 aromatic heterocycles. The summed E-state index contributed by atoms with van der Waals surface area (Å²) in [6, 6.07) is 5.93. The molecule has 27 heavy (non-hydrogen) atoms. The molecule has 144 valence electrons. The predicted molar refractivity (Wildman–Crippen MR) is 107 cm³/mol. The van der Waals surface area contributed by atoms with Gasteiger partial charge < -0.3 is 10.6 Å². The van der Waals surface area contributed by atoms with Gasteiger partial charge in [0.2, 0.25) is 0 Å². The molecule has 3 heterocycles. The molecule has 0 spiro atoms. The minimum Gasteiger partial charge on any atom is -0.357 e. The summed E-state index contributed by atoms with van der Waals surface area (Å²) in [5.74, 6) is 1.81. The van der Waals surface area contributed by atoms with Gasteiger partial charge in [-0.25, -0.2) is 4.99 Å². The van der Waals surface area contributed by atoms with Gasteiger partial charge in [0.1, 0.15) is 5.82 Å². The molecule has 0 aromatic carbocycles. The van der Waals surface area contributed by atoms with E-state index < -0.39 is 0 Å². The fourth-order valence-electron chi connectivity index (χ4n) is 3.06. The molecule has 0 saturated heterocycles. The van der Waals surface area contributed by atoms with Gasteiger partial charge in [-0.2, -0.15) is 5.10 Å². The zero-order valence-electron chi connectivity index (χ0n) is 16.5. The standard InChI is InChI=1S/C19H28N8/c1-5-20-19(22-13-16-14(2)25-26(4)15(16)3)21-11-8-10-18-24-23-17-9-6-7-12-27(17)18/h6-7,9,12H,5,8,10-11,13H2,1-4H3,(H2,20,21,22). The van der Waals surface area contributed by atoms with Crippen LogP contribution in [0.3, 0.4) is 0 Å². The molecule has 0 bridgehead atoms. The summed E-state index contributed by atoms with van der Waals surface area (Å²) >= 11 is 0. The quantitative estimate of drug-likeness (QED) is 0.377. The van der Waals surface area contributed by atoms with E-state index in [-0.39, 0.29) is 0 Å². The third-order valence-corrected chi connectivity index (χ3v) is 4.65. The molecular weight excluding hydrogens is 340 g/mol. The van der Waals surface area contributed by atoms with E-state index in [2.05, 4.69) is 39.8 Å². The first-order valence-corrected chi connectivity index (χ1v) is 9.40. The van der Waals surface area contributed by atoms with Crippen molar-refractivity contribution in [3.05, 3.63) is 47.2 Å². The van der Waals surface area contributed by atoms with Crippen LogP contribution in [0.15, 0.2) is 29.4 Å². The van der Waals surface area contributed by atoms with Gasteiger partial charge in [-0.3, -0.25) is 9.08 Å². The molecule has 0 radical (unpaired) electrons. The Morgan fingerprint density at radius 2 is 2.04 bits per heavy atom. The maximum absolute atomic E-state index is 4.71. The highest BCUT2D eigenvalue weighted by Crippen LogP contribution is 2.12. The van der Waals surface area contributed by atoms with Gasteiger partial charge in [0.25, 0.3) is 0 Å². The molecule has 0 aliphatic carbocycles. The number of hydrogen-bond acceptors (Lipinski definition) is 4. The number of hydrogen-bond donors (Lipinski definition) is 2. The summed E-state index contributed by atoms with van der Waals surface area (Å²) in [5.41, 5.74) is 4.27. The largest absolute Gasteiger partial charge is 0.357 e. The number of aromatic nitrogens is 5. The minimum absolute atomic E-state index is 0.621. The second kappa shape index (κ2) is 8.66. The SMILES string of the molecule is CCNC(=NCc1c(C)nn(C)c1C)NCCCc1nnc2ccccn12. The Balaban J connectivity index is 1.55. The Morgan fingerprint density at radius 1 is 1.19 bits per heavy atom. The first kappa shape index (κ1) is 18.9. The molecule has 0 saturated carbocycles. The molecular formula is C19H28N8. The Morgan fingerprint density at radius 3 is 2.78 bits per heavy atom.